The Morgan fingerprint density at radius 3 is 2.68 bits per heavy atom. The molecule has 3 nitrogen and oxygen atoms in total. The molecule has 104 valence electrons. The number of hydrogen-bond acceptors (Lipinski definition) is 2. The molecule has 1 N–H and O–H groups in total. The Bertz CT molecular complexity index is 461. The van der Waals surface area contributed by atoms with Gasteiger partial charge < -0.3 is 5.32 Å². The van der Waals surface area contributed by atoms with Crippen molar-refractivity contribution < 1.29 is 4.79 Å². The first kappa shape index (κ1) is 14.6. The summed E-state index contributed by atoms with van der Waals surface area (Å²) in [7, 11) is 0. The largest absolute Gasteiger partial charge is 0.325 e. The number of nitrogens with zero attached hydrogens (tertiary/aromatic N) is 1. The Morgan fingerprint density at radius 2 is 2.11 bits per heavy atom. The molecule has 0 radical (unpaired) electrons. The summed E-state index contributed by atoms with van der Waals surface area (Å²) in [5.74, 6) is 0.776. The lowest BCUT2D eigenvalue weighted by molar-refractivity contribution is -0.117. The van der Waals surface area contributed by atoms with Gasteiger partial charge in [0.1, 0.15) is 0 Å². The minimum absolute atomic E-state index is 0.0131. The van der Waals surface area contributed by atoms with Crippen LogP contribution in [0, 0.1) is 5.92 Å². The van der Waals surface area contributed by atoms with Crippen molar-refractivity contribution in [2.45, 2.75) is 19.8 Å². The number of rotatable bonds is 6. The highest BCUT2D eigenvalue weighted by molar-refractivity contribution is 6.42. The highest BCUT2D eigenvalue weighted by Gasteiger charge is 2.24. The first-order valence-corrected chi connectivity index (χ1v) is 7.31. The van der Waals surface area contributed by atoms with Gasteiger partial charge in [-0.1, -0.05) is 30.1 Å². The van der Waals surface area contributed by atoms with Crippen LogP contribution in [0.4, 0.5) is 5.69 Å². The standard InChI is InChI=1S/C14H18Cl2N2O/c1-2-18(8-10-3-4-10)9-14(19)17-11-5-6-12(15)13(16)7-11/h5-7,10H,2-4,8-9H2,1H3,(H,17,19). The van der Waals surface area contributed by atoms with Crippen LogP contribution in [-0.2, 0) is 4.79 Å². The zero-order valence-corrected chi connectivity index (χ0v) is 12.5. The second kappa shape index (κ2) is 6.60. The van der Waals surface area contributed by atoms with E-state index in [1.807, 2.05) is 0 Å². The number of carbonyl (C=O) groups is 1. The van der Waals surface area contributed by atoms with E-state index in [2.05, 4.69) is 17.1 Å². The highest BCUT2D eigenvalue weighted by Crippen LogP contribution is 2.29. The second-order valence-corrected chi connectivity index (χ2v) is 5.76. The van der Waals surface area contributed by atoms with Crippen LogP contribution in [0.2, 0.25) is 10.0 Å². The van der Waals surface area contributed by atoms with Crippen LogP contribution in [-0.4, -0.2) is 30.4 Å². The molecule has 19 heavy (non-hydrogen) atoms. The van der Waals surface area contributed by atoms with Gasteiger partial charge in [0.15, 0.2) is 0 Å². The van der Waals surface area contributed by atoms with Crippen LogP contribution >= 0.6 is 23.2 Å². The van der Waals surface area contributed by atoms with Crippen molar-refractivity contribution in [3.63, 3.8) is 0 Å². The van der Waals surface area contributed by atoms with Gasteiger partial charge in [0, 0.05) is 12.2 Å². The molecule has 0 spiro atoms. The summed E-state index contributed by atoms with van der Waals surface area (Å²) in [6.07, 6.45) is 2.59. The van der Waals surface area contributed by atoms with E-state index in [0.717, 1.165) is 19.0 Å². The molecule has 1 aromatic rings. The van der Waals surface area contributed by atoms with Gasteiger partial charge in [0.2, 0.25) is 5.91 Å². The maximum atomic E-state index is 12.0. The van der Waals surface area contributed by atoms with E-state index in [-0.39, 0.29) is 5.91 Å². The molecule has 0 aromatic heterocycles. The van der Waals surface area contributed by atoms with Crippen molar-refractivity contribution in [1.29, 1.82) is 0 Å². The summed E-state index contributed by atoms with van der Waals surface area (Å²) < 4.78 is 0. The predicted octanol–water partition coefficient (Wildman–Crippen LogP) is 3.66. The molecule has 1 aromatic carbocycles. The Labute approximate surface area is 123 Å². The van der Waals surface area contributed by atoms with E-state index in [9.17, 15) is 4.79 Å². The molecule has 1 fully saturated rings. The van der Waals surface area contributed by atoms with Gasteiger partial charge >= 0.3 is 0 Å². The van der Waals surface area contributed by atoms with Gasteiger partial charge in [-0.05, 0) is 43.5 Å². The molecule has 1 aliphatic rings. The van der Waals surface area contributed by atoms with E-state index < -0.39 is 0 Å². The monoisotopic (exact) mass is 300 g/mol. The summed E-state index contributed by atoms with van der Waals surface area (Å²) in [5.41, 5.74) is 0.682. The number of halogens is 2. The van der Waals surface area contributed by atoms with E-state index in [0.29, 0.717) is 22.3 Å². The van der Waals surface area contributed by atoms with Crippen molar-refractivity contribution in [3.05, 3.63) is 28.2 Å². The average Bonchev–Trinajstić information content (AvgIpc) is 3.17. The summed E-state index contributed by atoms with van der Waals surface area (Å²) in [4.78, 5) is 14.1. The van der Waals surface area contributed by atoms with Gasteiger partial charge in [-0.15, -0.1) is 0 Å². The first-order valence-electron chi connectivity index (χ1n) is 6.55. The lowest BCUT2D eigenvalue weighted by atomic mass is 10.3. The van der Waals surface area contributed by atoms with Crippen molar-refractivity contribution >= 4 is 34.8 Å². The van der Waals surface area contributed by atoms with Crippen LogP contribution in [0.25, 0.3) is 0 Å². The third-order valence-corrected chi connectivity index (χ3v) is 3.97. The third-order valence-electron chi connectivity index (χ3n) is 3.23. The number of amides is 1. The Kier molecular flexibility index (Phi) is 5.08. The molecular weight excluding hydrogens is 283 g/mol. The SMILES string of the molecule is CCN(CC(=O)Nc1ccc(Cl)c(Cl)c1)CC1CC1. The molecule has 1 aliphatic carbocycles. The number of nitrogens with one attached hydrogen (secondary N) is 1. The van der Waals surface area contributed by atoms with Crippen molar-refractivity contribution in [2.24, 2.45) is 5.92 Å². The lowest BCUT2D eigenvalue weighted by Crippen LogP contribution is -2.34. The maximum Gasteiger partial charge on any atom is 0.238 e. The number of benzene rings is 1. The zero-order valence-electron chi connectivity index (χ0n) is 11.0. The van der Waals surface area contributed by atoms with E-state index in [1.54, 1.807) is 18.2 Å². The number of hydrogen-bond donors (Lipinski definition) is 1. The van der Waals surface area contributed by atoms with Crippen LogP contribution in [0.5, 0.6) is 0 Å². The Hall–Kier alpha value is -0.770. The fourth-order valence-electron chi connectivity index (χ4n) is 1.95. The smallest absolute Gasteiger partial charge is 0.238 e. The molecular formula is C14H18Cl2N2O. The van der Waals surface area contributed by atoms with E-state index in [1.165, 1.54) is 12.8 Å². The van der Waals surface area contributed by atoms with Gasteiger partial charge in [0.05, 0.1) is 16.6 Å². The van der Waals surface area contributed by atoms with Crippen molar-refractivity contribution in [1.82, 2.24) is 4.90 Å². The predicted molar refractivity (Wildman–Crippen MR) is 79.9 cm³/mol. The van der Waals surface area contributed by atoms with E-state index in [4.69, 9.17) is 23.2 Å². The van der Waals surface area contributed by atoms with Gasteiger partial charge in [-0.3, -0.25) is 9.69 Å². The molecule has 0 saturated heterocycles. The van der Waals surface area contributed by atoms with Crippen molar-refractivity contribution in [2.75, 3.05) is 25.0 Å². The molecule has 0 bridgehead atoms. The molecule has 5 heteroatoms. The summed E-state index contributed by atoms with van der Waals surface area (Å²) in [6, 6.07) is 5.10. The van der Waals surface area contributed by atoms with Gasteiger partial charge in [-0.2, -0.15) is 0 Å². The normalized spacial score (nSPS) is 14.7. The summed E-state index contributed by atoms with van der Waals surface area (Å²) in [5, 5.41) is 3.78. The van der Waals surface area contributed by atoms with Crippen LogP contribution in [0.15, 0.2) is 18.2 Å². The third kappa shape index (κ3) is 4.68. The fraction of sp³-hybridized carbons (Fsp3) is 0.500. The summed E-state index contributed by atoms with van der Waals surface area (Å²) >= 11 is 11.7. The molecule has 2 rings (SSSR count). The van der Waals surface area contributed by atoms with Gasteiger partial charge in [-0.25, -0.2) is 0 Å². The minimum Gasteiger partial charge on any atom is -0.325 e. The molecule has 0 unspecified atom stereocenters. The molecule has 0 heterocycles. The van der Waals surface area contributed by atoms with Crippen molar-refractivity contribution in [3.8, 4) is 0 Å². The van der Waals surface area contributed by atoms with Crippen LogP contribution in [0.3, 0.4) is 0 Å². The quantitative estimate of drug-likeness (QED) is 0.869. The second-order valence-electron chi connectivity index (χ2n) is 4.95. The van der Waals surface area contributed by atoms with E-state index >= 15 is 0 Å². The lowest BCUT2D eigenvalue weighted by Gasteiger charge is -2.19. The first-order chi connectivity index (χ1) is 9.08. The molecule has 1 saturated carbocycles. The maximum absolute atomic E-state index is 12.0. The Balaban J connectivity index is 1.86. The fourth-order valence-corrected chi connectivity index (χ4v) is 2.25. The molecule has 0 aliphatic heterocycles. The summed E-state index contributed by atoms with van der Waals surface area (Å²) in [6.45, 7) is 4.42. The van der Waals surface area contributed by atoms with Gasteiger partial charge in [0.25, 0.3) is 0 Å². The Morgan fingerprint density at radius 1 is 1.37 bits per heavy atom. The molecule has 0 atom stereocenters. The molecule has 1 amide bonds. The van der Waals surface area contributed by atoms with Crippen LogP contribution < -0.4 is 5.32 Å². The van der Waals surface area contributed by atoms with Crippen LogP contribution in [0.1, 0.15) is 19.8 Å². The minimum atomic E-state index is -0.0131. The number of anilines is 1. The topological polar surface area (TPSA) is 32.3 Å². The zero-order chi connectivity index (χ0) is 13.8. The number of likely N-dealkylation sites (N-methyl/N-ethyl adjacent to an activating group) is 1. The number of carbonyl (C=O) groups excluding carboxylic acids is 1. The highest BCUT2D eigenvalue weighted by atomic mass is 35.5. The average molecular weight is 301 g/mol.